The molecule has 0 saturated carbocycles. The molecular formula is C11H14N2. The third-order valence-electron chi connectivity index (χ3n) is 2.35. The van der Waals surface area contributed by atoms with E-state index in [4.69, 9.17) is 0 Å². The molecule has 0 amide bonds. The molecule has 1 aromatic rings. The molecule has 0 unspecified atom stereocenters. The number of allylic oxidation sites excluding steroid dienone is 1. The van der Waals surface area contributed by atoms with Gasteiger partial charge in [-0.25, -0.2) is 0 Å². The summed E-state index contributed by atoms with van der Waals surface area (Å²) in [5.74, 6) is 0.536. The fraction of sp³-hybridized carbons (Fsp3) is 0.364. The summed E-state index contributed by atoms with van der Waals surface area (Å²) >= 11 is 0. The van der Waals surface area contributed by atoms with E-state index in [1.807, 2.05) is 6.20 Å². The normalized spacial score (nSPS) is 14.5. The topological polar surface area (TPSA) is 24.9 Å². The Morgan fingerprint density at radius 3 is 3.00 bits per heavy atom. The molecular weight excluding hydrogens is 160 g/mol. The lowest BCUT2D eigenvalue weighted by atomic mass is 10.1. The van der Waals surface area contributed by atoms with E-state index in [0.717, 1.165) is 23.5 Å². The Balaban J connectivity index is 2.40. The summed E-state index contributed by atoms with van der Waals surface area (Å²) in [6.45, 7) is 8.24. The Morgan fingerprint density at radius 1 is 1.54 bits per heavy atom. The van der Waals surface area contributed by atoms with Gasteiger partial charge in [0, 0.05) is 18.3 Å². The zero-order chi connectivity index (χ0) is 9.42. The Labute approximate surface area is 78.7 Å². The molecule has 2 nitrogen and oxygen atoms in total. The van der Waals surface area contributed by atoms with E-state index in [2.05, 4.69) is 36.8 Å². The van der Waals surface area contributed by atoms with Crippen LogP contribution >= 0.6 is 0 Å². The lowest BCUT2D eigenvalue weighted by molar-refractivity contribution is 0.856. The van der Waals surface area contributed by atoms with E-state index < -0.39 is 0 Å². The molecule has 2 rings (SSSR count). The van der Waals surface area contributed by atoms with Crippen LogP contribution in [0.5, 0.6) is 0 Å². The average Bonchev–Trinajstić information content (AvgIpc) is 2.42. The van der Waals surface area contributed by atoms with Crippen molar-refractivity contribution in [2.75, 3.05) is 5.32 Å². The molecule has 1 aliphatic rings. The van der Waals surface area contributed by atoms with Crippen molar-refractivity contribution in [1.82, 2.24) is 4.98 Å². The first-order valence-electron chi connectivity index (χ1n) is 4.60. The first-order chi connectivity index (χ1) is 6.16. The summed E-state index contributed by atoms with van der Waals surface area (Å²) < 4.78 is 0. The molecule has 2 heterocycles. The minimum absolute atomic E-state index is 0.536. The predicted molar refractivity (Wildman–Crippen MR) is 54.8 cm³/mol. The Kier molecular flexibility index (Phi) is 1.83. The van der Waals surface area contributed by atoms with Gasteiger partial charge in [0.05, 0.1) is 11.4 Å². The lowest BCUT2D eigenvalue weighted by Crippen LogP contribution is -1.92. The average molecular weight is 174 g/mol. The quantitative estimate of drug-likeness (QED) is 0.708. The fourth-order valence-corrected chi connectivity index (χ4v) is 1.51. The van der Waals surface area contributed by atoms with E-state index in [1.54, 1.807) is 0 Å². The van der Waals surface area contributed by atoms with Gasteiger partial charge in [-0.05, 0) is 17.5 Å². The maximum absolute atomic E-state index is 4.41. The van der Waals surface area contributed by atoms with Gasteiger partial charge in [0.2, 0.25) is 0 Å². The Bertz CT molecular complexity index is 353. The van der Waals surface area contributed by atoms with Gasteiger partial charge in [-0.3, -0.25) is 4.98 Å². The van der Waals surface area contributed by atoms with E-state index in [9.17, 15) is 0 Å². The molecule has 0 atom stereocenters. The molecule has 0 saturated heterocycles. The van der Waals surface area contributed by atoms with Crippen molar-refractivity contribution in [3.05, 3.63) is 35.8 Å². The van der Waals surface area contributed by atoms with Crippen molar-refractivity contribution in [3.63, 3.8) is 0 Å². The molecule has 68 valence electrons. The number of hydrogen-bond acceptors (Lipinski definition) is 2. The van der Waals surface area contributed by atoms with E-state index in [-0.39, 0.29) is 0 Å². The van der Waals surface area contributed by atoms with Crippen molar-refractivity contribution in [2.45, 2.75) is 26.2 Å². The second-order valence-corrected chi connectivity index (χ2v) is 3.82. The van der Waals surface area contributed by atoms with Gasteiger partial charge < -0.3 is 5.32 Å². The van der Waals surface area contributed by atoms with Crippen LogP contribution in [0.2, 0.25) is 0 Å². The number of aromatic nitrogens is 1. The largest absolute Gasteiger partial charge is 0.358 e. The summed E-state index contributed by atoms with van der Waals surface area (Å²) in [4.78, 5) is 4.41. The fourth-order valence-electron chi connectivity index (χ4n) is 1.51. The van der Waals surface area contributed by atoms with Gasteiger partial charge in [-0.15, -0.1) is 0 Å². The summed E-state index contributed by atoms with van der Waals surface area (Å²) in [6, 6.07) is 2.17. The van der Waals surface area contributed by atoms with Gasteiger partial charge in [-0.1, -0.05) is 20.4 Å². The third-order valence-corrected chi connectivity index (χ3v) is 2.35. The minimum atomic E-state index is 0.536. The van der Waals surface area contributed by atoms with Crippen molar-refractivity contribution >= 4 is 5.69 Å². The standard InChI is InChI=1S/C11H14N2/c1-7(2)9-5-11-10(12-6-9)4-8(3)13-11/h5-7,13H,3-4H2,1-2H3. The van der Waals surface area contributed by atoms with Crippen LogP contribution in [-0.2, 0) is 6.42 Å². The highest BCUT2D eigenvalue weighted by atomic mass is 15.0. The third kappa shape index (κ3) is 1.44. The van der Waals surface area contributed by atoms with Crippen molar-refractivity contribution in [2.24, 2.45) is 0 Å². The number of fused-ring (bicyclic) bond motifs is 1. The second-order valence-electron chi connectivity index (χ2n) is 3.82. The zero-order valence-electron chi connectivity index (χ0n) is 8.09. The van der Waals surface area contributed by atoms with Crippen molar-refractivity contribution in [1.29, 1.82) is 0 Å². The highest BCUT2D eigenvalue weighted by molar-refractivity contribution is 5.60. The van der Waals surface area contributed by atoms with Crippen molar-refractivity contribution < 1.29 is 0 Å². The van der Waals surface area contributed by atoms with E-state index >= 15 is 0 Å². The van der Waals surface area contributed by atoms with Crippen LogP contribution in [0.4, 0.5) is 5.69 Å². The minimum Gasteiger partial charge on any atom is -0.358 e. The molecule has 0 radical (unpaired) electrons. The van der Waals surface area contributed by atoms with Gasteiger partial charge in [0.1, 0.15) is 0 Å². The lowest BCUT2D eigenvalue weighted by Gasteiger charge is -2.06. The number of pyridine rings is 1. The van der Waals surface area contributed by atoms with Gasteiger partial charge >= 0.3 is 0 Å². The van der Waals surface area contributed by atoms with Gasteiger partial charge in [-0.2, -0.15) is 0 Å². The van der Waals surface area contributed by atoms with Gasteiger partial charge in [0.25, 0.3) is 0 Å². The highest BCUT2D eigenvalue weighted by Crippen LogP contribution is 2.27. The number of hydrogen-bond donors (Lipinski definition) is 1. The summed E-state index contributed by atoms with van der Waals surface area (Å²) in [5, 5.41) is 3.24. The van der Waals surface area contributed by atoms with E-state index in [0.29, 0.717) is 5.92 Å². The van der Waals surface area contributed by atoms with Crippen molar-refractivity contribution in [3.8, 4) is 0 Å². The molecule has 13 heavy (non-hydrogen) atoms. The molecule has 1 aromatic heterocycles. The molecule has 0 spiro atoms. The SMILES string of the molecule is C=C1Cc2ncc(C(C)C)cc2N1. The highest BCUT2D eigenvalue weighted by Gasteiger charge is 2.15. The van der Waals surface area contributed by atoms with Crippen LogP contribution in [0.1, 0.15) is 31.0 Å². The predicted octanol–water partition coefficient (Wildman–Crippen LogP) is 2.69. The molecule has 1 N–H and O–H groups in total. The van der Waals surface area contributed by atoms with Crippen LogP contribution in [-0.4, -0.2) is 4.98 Å². The zero-order valence-corrected chi connectivity index (χ0v) is 8.09. The molecule has 0 bridgehead atoms. The van der Waals surface area contributed by atoms with Crippen LogP contribution in [0.15, 0.2) is 24.5 Å². The monoisotopic (exact) mass is 174 g/mol. The maximum atomic E-state index is 4.41. The molecule has 2 heteroatoms. The van der Waals surface area contributed by atoms with E-state index in [1.165, 1.54) is 5.56 Å². The molecule has 0 aromatic carbocycles. The van der Waals surface area contributed by atoms with Crippen LogP contribution in [0.3, 0.4) is 0 Å². The number of nitrogens with zero attached hydrogens (tertiary/aromatic N) is 1. The first kappa shape index (κ1) is 8.30. The Morgan fingerprint density at radius 2 is 2.31 bits per heavy atom. The maximum Gasteiger partial charge on any atom is 0.0696 e. The van der Waals surface area contributed by atoms with Crippen LogP contribution < -0.4 is 5.32 Å². The first-order valence-corrected chi connectivity index (χ1v) is 4.60. The number of rotatable bonds is 1. The van der Waals surface area contributed by atoms with Gasteiger partial charge in [0.15, 0.2) is 0 Å². The summed E-state index contributed by atoms with van der Waals surface area (Å²) in [6.07, 6.45) is 2.83. The second kappa shape index (κ2) is 2.87. The smallest absolute Gasteiger partial charge is 0.0696 e. The van der Waals surface area contributed by atoms with Crippen LogP contribution in [0.25, 0.3) is 0 Å². The molecule has 0 aliphatic carbocycles. The number of nitrogens with one attached hydrogen (secondary N) is 1. The molecule has 0 fully saturated rings. The Hall–Kier alpha value is -1.31. The molecule has 1 aliphatic heterocycles. The number of anilines is 1. The summed E-state index contributed by atoms with van der Waals surface area (Å²) in [5.41, 5.74) is 4.58. The van der Waals surface area contributed by atoms with Crippen LogP contribution in [0, 0.1) is 0 Å². The summed E-state index contributed by atoms with van der Waals surface area (Å²) in [7, 11) is 0.